The second-order valence-electron chi connectivity index (χ2n) is 4.40. The van der Waals surface area contributed by atoms with Gasteiger partial charge in [0.2, 0.25) is 0 Å². The van der Waals surface area contributed by atoms with E-state index in [9.17, 15) is 14.7 Å². The number of halogens is 1. The number of carboxylic acid groups (broad SMARTS) is 1. The van der Waals surface area contributed by atoms with Gasteiger partial charge in [-0.15, -0.1) is 0 Å². The van der Waals surface area contributed by atoms with E-state index in [2.05, 4.69) is 0 Å². The Balaban J connectivity index is 2.04. The largest absolute Gasteiger partial charge is 0.546 e. The number of hydrogen-bond donors (Lipinski definition) is 0. The molecule has 2 aromatic carbocycles. The van der Waals surface area contributed by atoms with Crippen LogP contribution >= 0.6 is 11.6 Å². The van der Waals surface area contributed by atoms with Gasteiger partial charge in [0.25, 0.3) is 0 Å². The first kappa shape index (κ1) is 15.8. The Morgan fingerprint density at radius 2 is 1.77 bits per heavy atom. The van der Waals surface area contributed by atoms with Gasteiger partial charge in [0.15, 0.2) is 5.78 Å². The Morgan fingerprint density at radius 1 is 1.09 bits per heavy atom. The average Bonchev–Trinajstić information content (AvgIpc) is 2.52. The summed E-state index contributed by atoms with van der Waals surface area (Å²) in [5, 5.41) is 10.9. The molecule has 0 aromatic heterocycles. The number of carbonyl (C=O) groups is 2. The monoisotopic (exact) mass is 315 g/mol. The molecule has 4 nitrogen and oxygen atoms in total. The molecule has 0 N–H and O–H groups in total. The molecule has 0 aliphatic heterocycles. The van der Waals surface area contributed by atoms with Crippen molar-refractivity contribution in [3.05, 3.63) is 70.8 Å². The van der Waals surface area contributed by atoms with E-state index in [1.165, 1.54) is 18.2 Å². The van der Waals surface area contributed by atoms with Crippen LogP contribution in [0.25, 0.3) is 6.08 Å². The van der Waals surface area contributed by atoms with Crippen LogP contribution in [0.15, 0.2) is 54.6 Å². The van der Waals surface area contributed by atoms with E-state index in [-0.39, 0.29) is 5.78 Å². The molecule has 0 fully saturated rings. The highest BCUT2D eigenvalue weighted by atomic mass is 35.5. The molecule has 0 aliphatic rings. The molecule has 2 aromatic rings. The fourth-order valence-corrected chi connectivity index (χ4v) is 1.93. The fourth-order valence-electron chi connectivity index (χ4n) is 1.73. The first-order valence-electron chi connectivity index (χ1n) is 6.46. The predicted molar refractivity (Wildman–Crippen MR) is 81.8 cm³/mol. The molecular weight excluding hydrogens is 304 g/mol. The number of rotatable bonds is 6. The van der Waals surface area contributed by atoms with Crippen molar-refractivity contribution in [2.45, 2.75) is 0 Å². The molecule has 0 heterocycles. The third-order valence-electron chi connectivity index (χ3n) is 2.82. The first-order chi connectivity index (χ1) is 10.6. The second-order valence-corrected chi connectivity index (χ2v) is 4.81. The molecule has 0 atom stereocenters. The lowest BCUT2D eigenvalue weighted by atomic mass is 10.1. The predicted octanol–water partition coefficient (Wildman–Crippen LogP) is 2.36. The van der Waals surface area contributed by atoms with Crippen LogP contribution in [0.1, 0.15) is 15.9 Å². The summed E-state index contributed by atoms with van der Waals surface area (Å²) in [5.41, 5.74) is 1.22. The molecule has 112 valence electrons. The van der Waals surface area contributed by atoms with E-state index >= 15 is 0 Å². The highest BCUT2D eigenvalue weighted by Gasteiger charge is 2.03. The number of carboxylic acids is 1. The Hall–Kier alpha value is -2.59. The molecule has 0 radical (unpaired) electrons. The van der Waals surface area contributed by atoms with Crippen molar-refractivity contribution in [1.82, 2.24) is 0 Å². The quantitative estimate of drug-likeness (QED) is 0.606. The lowest BCUT2D eigenvalue weighted by molar-refractivity contribution is -0.307. The summed E-state index contributed by atoms with van der Waals surface area (Å²) < 4.78 is 4.94. The highest BCUT2D eigenvalue weighted by Crippen LogP contribution is 2.17. The van der Waals surface area contributed by atoms with Gasteiger partial charge in [0.05, 0.1) is 5.97 Å². The van der Waals surface area contributed by atoms with Gasteiger partial charge in [-0.25, -0.2) is 0 Å². The van der Waals surface area contributed by atoms with Gasteiger partial charge < -0.3 is 14.6 Å². The Bertz CT molecular complexity index is 705. The Morgan fingerprint density at radius 3 is 2.41 bits per heavy atom. The van der Waals surface area contributed by atoms with Crippen LogP contribution in [0.4, 0.5) is 0 Å². The lowest BCUT2D eigenvalue weighted by Crippen LogP contribution is -2.28. The van der Waals surface area contributed by atoms with Crippen molar-refractivity contribution in [2.75, 3.05) is 6.61 Å². The molecule has 0 amide bonds. The van der Waals surface area contributed by atoms with E-state index in [1.54, 1.807) is 24.3 Å². The number of hydrogen-bond acceptors (Lipinski definition) is 4. The Labute approximate surface area is 132 Å². The van der Waals surface area contributed by atoms with Crippen molar-refractivity contribution in [3.8, 4) is 5.75 Å². The van der Waals surface area contributed by atoms with Crippen molar-refractivity contribution < 1.29 is 19.4 Å². The van der Waals surface area contributed by atoms with Crippen LogP contribution in [0.3, 0.4) is 0 Å². The van der Waals surface area contributed by atoms with E-state index in [0.717, 1.165) is 5.56 Å². The van der Waals surface area contributed by atoms with Gasteiger partial charge in [-0.2, -0.15) is 0 Å². The van der Waals surface area contributed by atoms with E-state index in [0.29, 0.717) is 16.3 Å². The molecule has 5 heteroatoms. The SMILES string of the molecule is O=C([O-])COc1ccc(C(=O)/C=C/c2ccccc2Cl)cc1. The maximum absolute atomic E-state index is 12.0. The summed E-state index contributed by atoms with van der Waals surface area (Å²) >= 11 is 6.00. The zero-order valence-corrected chi connectivity index (χ0v) is 12.2. The number of aliphatic carboxylic acids is 1. The molecule has 0 saturated heterocycles. The third-order valence-corrected chi connectivity index (χ3v) is 3.16. The van der Waals surface area contributed by atoms with Gasteiger partial charge in [-0.1, -0.05) is 29.8 Å². The summed E-state index contributed by atoms with van der Waals surface area (Å²) in [5.74, 6) is -1.13. The van der Waals surface area contributed by atoms with Crippen LogP contribution in [0, 0.1) is 0 Å². The first-order valence-corrected chi connectivity index (χ1v) is 6.84. The van der Waals surface area contributed by atoms with Crippen molar-refractivity contribution in [3.63, 3.8) is 0 Å². The third kappa shape index (κ3) is 4.46. The molecule has 0 unspecified atom stereocenters. The maximum Gasteiger partial charge on any atom is 0.185 e. The minimum Gasteiger partial charge on any atom is -0.546 e. The van der Waals surface area contributed by atoms with Gasteiger partial charge >= 0.3 is 0 Å². The molecule has 2 rings (SSSR count). The topological polar surface area (TPSA) is 66.4 Å². The van der Waals surface area contributed by atoms with Crippen LogP contribution in [0.2, 0.25) is 5.02 Å². The van der Waals surface area contributed by atoms with E-state index in [4.69, 9.17) is 16.3 Å². The minimum absolute atomic E-state index is 0.189. The van der Waals surface area contributed by atoms with Crippen LogP contribution in [-0.4, -0.2) is 18.4 Å². The summed E-state index contributed by atoms with van der Waals surface area (Å²) in [7, 11) is 0. The molecule has 0 saturated carbocycles. The lowest BCUT2D eigenvalue weighted by Gasteiger charge is -2.06. The maximum atomic E-state index is 12.0. The standard InChI is InChI=1S/C17H13ClO4/c18-15-4-2-1-3-12(15)7-10-16(19)13-5-8-14(9-6-13)22-11-17(20)21/h1-10H,11H2,(H,20,21)/p-1/b10-7+. The average molecular weight is 316 g/mol. The zero-order chi connectivity index (χ0) is 15.9. The number of carbonyl (C=O) groups excluding carboxylic acids is 2. The van der Waals surface area contributed by atoms with E-state index in [1.807, 2.05) is 18.2 Å². The van der Waals surface area contributed by atoms with Gasteiger partial charge in [-0.05, 0) is 48.0 Å². The summed E-state index contributed by atoms with van der Waals surface area (Å²) in [6.07, 6.45) is 3.07. The summed E-state index contributed by atoms with van der Waals surface area (Å²) in [6, 6.07) is 13.4. The molecule has 0 spiro atoms. The van der Waals surface area contributed by atoms with Crippen molar-refractivity contribution >= 4 is 29.4 Å². The fraction of sp³-hybridized carbons (Fsp3) is 0.0588. The zero-order valence-electron chi connectivity index (χ0n) is 11.5. The van der Waals surface area contributed by atoms with Crippen LogP contribution in [-0.2, 0) is 4.79 Å². The minimum atomic E-state index is -1.30. The van der Waals surface area contributed by atoms with Crippen LogP contribution < -0.4 is 9.84 Å². The Kier molecular flexibility index (Phi) is 5.33. The normalized spacial score (nSPS) is 10.6. The van der Waals surface area contributed by atoms with Crippen molar-refractivity contribution in [1.29, 1.82) is 0 Å². The molecule has 0 aliphatic carbocycles. The highest BCUT2D eigenvalue weighted by molar-refractivity contribution is 6.32. The molecular formula is C17H12ClO4-. The number of ether oxygens (including phenoxy) is 1. The van der Waals surface area contributed by atoms with Crippen molar-refractivity contribution in [2.24, 2.45) is 0 Å². The second kappa shape index (κ2) is 7.43. The molecule has 22 heavy (non-hydrogen) atoms. The summed E-state index contributed by atoms with van der Waals surface area (Å²) in [4.78, 5) is 22.3. The number of allylic oxidation sites excluding steroid dienone is 1. The smallest absolute Gasteiger partial charge is 0.185 e. The molecule has 0 bridgehead atoms. The van der Waals surface area contributed by atoms with Crippen LogP contribution in [0.5, 0.6) is 5.75 Å². The van der Waals surface area contributed by atoms with Gasteiger partial charge in [0, 0.05) is 10.6 Å². The summed E-state index contributed by atoms with van der Waals surface area (Å²) in [6.45, 7) is -0.528. The van der Waals surface area contributed by atoms with Gasteiger partial charge in [0.1, 0.15) is 12.4 Å². The number of ketones is 1. The number of benzene rings is 2. The van der Waals surface area contributed by atoms with E-state index < -0.39 is 12.6 Å². The van der Waals surface area contributed by atoms with Gasteiger partial charge in [-0.3, -0.25) is 4.79 Å².